The molecular formula is C17H28ClFN2. The van der Waals surface area contributed by atoms with Crippen molar-refractivity contribution in [3.05, 3.63) is 35.1 Å². The molecule has 1 fully saturated rings. The van der Waals surface area contributed by atoms with Crippen LogP contribution in [0, 0.1) is 18.7 Å². The van der Waals surface area contributed by atoms with Crippen LogP contribution in [0.3, 0.4) is 0 Å². The Bertz CT molecular complexity index is 433. The number of piperazine rings is 1. The number of aryl methyl sites for hydroxylation is 1. The number of benzene rings is 1. The van der Waals surface area contributed by atoms with Gasteiger partial charge in [0, 0.05) is 32.2 Å². The van der Waals surface area contributed by atoms with Crippen molar-refractivity contribution in [1.29, 1.82) is 0 Å². The molecule has 1 N–H and O–H groups in total. The summed E-state index contributed by atoms with van der Waals surface area (Å²) in [5.41, 5.74) is 2.38. The first-order valence-electron chi connectivity index (χ1n) is 7.84. The summed E-state index contributed by atoms with van der Waals surface area (Å²) in [6.07, 6.45) is 2.36. The van der Waals surface area contributed by atoms with Gasteiger partial charge >= 0.3 is 0 Å². The molecular weight excluding hydrogens is 287 g/mol. The van der Waals surface area contributed by atoms with Crippen molar-refractivity contribution in [2.24, 2.45) is 5.92 Å². The third kappa shape index (κ3) is 4.67. The zero-order valence-corrected chi connectivity index (χ0v) is 14.2. The Morgan fingerprint density at radius 1 is 1.29 bits per heavy atom. The lowest BCUT2D eigenvalue weighted by molar-refractivity contribution is 0.125. The van der Waals surface area contributed by atoms with E-state index >= 15 is 0 Å². The number of halogens is 2. The molecule has 21 heavy (non-hydrogen) atoms. The highest BCUT2D eigenvalue weighted by Gasteiger charge is 2.28. The Morgan fingerprint density at radius 3 is 2.57 bits per heavy atom. The Morgan fingerprint density at radius 2 is 1.95 bits per heavy atom. The van der Waals surface area contributed by atoms with E-state index in [9.17, 15) is 4.39 Å². The standard InChI is InChI=1S/C17H27FN2.ClH/c1-4-5-14(3)17(20-10-8-19-9-11-20)16-12-15(18)7-6-13(16)2;/h6-7,12,14,17,19H,4-5,8-11H2,1-3H3;1H/t14?,17-;/m0./s1. The van der Waals surface area contributed by atoms with E-state index < -0.39 is 0 Å². The maximum atomic E-state index is 13.7. The monoisotopic (exact) mass is 314 g/mol. The van der Waals surface area contributed by atoms with Gasteiger partial charge in [-0.1, -0.05) is 26.3 Å². The van der Waals surface area contributed by atoms with Crippen LogP contribution in [0.1, 0.15) is 43.9 Å². The van der Waals surface area contributed by atoms with Crippen molar-refractivity contribution in [1.82, 2.24) is 10.2 Å². The van der Waals surface area contributed by atoms with Crippen molar-refractivity contribution in [2.75, 3.05) is 26.2 Å². The fraction of sp³-hybridized carbons (Fsp3) is 0.647. The van der Waals surface area contributed by atoms with Gasteiger partial charge in [-0.05, 0) is 42.5 Å². The SMILES string of the molecule is CCCC(C)[C@@H](c1cc(F)ccc1C)N1CCNCC1.Cl. The number of rotatable bonds is 5. The molecule has 1 saturated heterocycles. The Labute approximate surface area is 134 Å². The van der Waals surface area contributed by atoms with Crippen molar-refractivity contribution in [3.8, 4) is 0 Å². The molecule has 1 aromatic carbocycles. The van der Waals surface area contributed by atoms with Crippen molar-refractivity contribution >= 4 is 12.4 Å². The zero-order chi connectivity index (χ0) is 14.5. The van der Waals surface area contributed by atoms with E-state index in [1.165, 1.54) is 24.0 Å². The van der Waals surface area contributed by atoms with Gasteiger partial charge in [-0.3, -0.25) is 4.90 Å². The third-order valence-corrected chi connectivity index (χ3v) is 4.39. The second-order valence-electron chi connectivity index (χ2n) is 6.00. The molecule has 1 aromatic rings. The molecule has 1 unspecified atom stereocenters. The number of nitrogens with zero attached hydrogens (tertiary/aromatic N) is 1. The van der Waals surface area contributed by atoms with Gasteiger partial charge in [0.1, 0.15) is 5.82 Å². The second-order valence-corrected chi connectivity index (χ2v) is 6.00. The summed E-state index contributed by atoms with van der Waals surface area (Å²) in [4.78, 5) is 2.53. The fourth-order valence-corrected chi connectivity index (χ4v) is 3.37. The van der Waals surface area contributed by atoms with Crippen LogP contribution in [0.5, 0.6) is 0 Å². The zero-order valence-electron chi connectivity index (χ0n) is 13.4. The summed E-state index contributed by atoms with van der Waals surface area (Å²) < 4.78 is 13.7. The molecule has 2 atom stereocenters. The van der Waals surface area contributed by atoms with Gasteiger partial charge in [0.25, 0.3) is 0 Å². The quantitative estimate of drug-likeness (QED) is 0.885. The fourth-order valence-electron chi connectivity index (χ4n) is 3.37. The van der Waals surface area contributed by atoms with Crippen molar-refractivity contribution in [2.45, 2.75) is 39.7 Å². The van der Waals surface area contributed by atoms with E-state index in [2.05, 4.69) is 31.0 Å². The highest BCUT2D eigenvalue weighted by molar-refractivity contribution is 5.85. The van der Waals surface area contributed by atoms with E-state index in [-0.39, 0.29) is 18.2 Å². The van der Waals surface area contributed by atoms with Gasteiger partial charge in [0.15, 0.2) is 0 Å². The van der Waals surface area contributed by atoms with Crippen LogP contribution in [-0.2, 0) is 0 Å². The van der Waals surface area contributed by atoms with Crippen LogP contribution in [0.25, 0.3) is 0 Å². The van der Waals surface area contributed by atoms with Gasteiger partial charge in [-0.15, -0.1) is 12.4 Å². The van der Waals surface area contributed by atoms with Gasteiger partial charge < -0.3 is 5.32 Å². The molecule has 1 heterocycles. The molecule has 0 spiro atoms. The van der Waals surface area contributed by atoms with Crippen molar-refractivity contribution < 1.29 is 4.39 Å². The second kappa shape index (κ2) is 8.72. The molecule has 1 aliphatic rings. The van der Waals surface area contributed by atoms with Crippen LogP contribution in [-0.4, -0.2) is 31.1 Å². The Kier molecular flexibility index (Phi) is 7.64. The molecule has 0 saturated carbocycles. The largest absolute Gasteiger partial charge is 0.314 e. The molecule has 0 radical (unpaired) electrons. The lowest BCUT2D eigenvalue weighted by atomic mass is 9.87. The normalized spacial score (nSPS) is 18.9. The lowest BCUT2D eigenvalue weighted by Crippen LogP contribution is -2.46. The molecule has 120 valence electrons. The maximum absolute atomic E-state index is 13.7. The summed E-state index contributed by atoms with van der Waals surface area (Å²) in [5.74, 6) is 0.438. The predicted molar refractivity (Wildman–Crippen MR) is 89.6 cm³/mol. The van der Waals surface area contributed by atoms with Crippen LogP contribution in [0.4, 0.5) is 4.39 Å². The molecule has 0 bridgehead atoms. The highest BCUT2D eigenvalue weighted by Crippen LogP contribution is 2.34. The van der Waals surface area contributed by atoms with Gasteiger partial charge in [0.05, 0.1) is 0 Å². The molecule has 2 rings (SSSR count). The molecule has 0 aliphatic carbocycles. The van der Waals surface area contributed by atoms with Crippen LogP contribution >= 0.6 is 12.4 Å². The molecule has 1 aliphatic heterocycles. The third-order valence-electron chi connectivity index (χ3n) is 4.39. The predicted octanol–water partition coefficient (Wildman–Crippen LogP) is 3.94. The first-order chi connectivity index (χ1) is 9.63. The minimum Gasteiger partial charge on any atom is -0.314 e. The average molecular weight is 315 g/mol. The Balaban J connectivity index is 0.00000220. The van der Waals surface area contributed by atoms with E-state index in [0.29, 0.717) is 12.0 Å². The van der Waals surface area contributed by atoms with Crippen LogP contribution < -0.4 is 5.32 Å². The smallest absolute Gasteiger partial charge is 0.123 e. The van der Waals surface area contributed by atoms with Crippen LogP contribution in [0.2, 0.25) is 0 Å². The van der Waals surface area contributed by atoms with Gasteiger partial charge in [0.2, 0.25) is 0 Å². The summed E-state index contributed by atoms with van der Waals surface area (Å²) in [7, 11) is 0. The van der Waals surface area contributed by atoms with E-state index in [0.717, 1.165) is 26.2 Å². The molecule has 0 amide bonds. The van der Waals surface area contributed by atoms with E-state index in [1.807, 2.05) is 6.07 Å². The van der Waals surface area contributed by atoms with E-state index in [4.69, 9.17) is 0 Å². The number of hydrogen-bond donors (Lipinski definition) is 1. The van der Waals surface area contributed by atoms with Crippen LogP contribution in [0.15, 0.2) is 18.2 Å². The minimum atomic E-state index is -0.116. The van der Waals surface area contributed by atoms with Gasteiger partial charge in [-0.25, -0.2) is 4.39 Å². The summed E-state index contributed by atoms with van der Waals surface area (Å²) in [5, 5.41) is 3.40. The van der Waals surface area contributed by atoms with Crippen molar-refractivity contribution in [3.63, 3.8) is 0 Å². The highest BCUT2D eigenvalue weighted by atomic mass is 35.5. The lowest BCUT2D eigenvalue weighted by Gasteiger charge is -2.39. The average Bonchev–Trinajstić information content (AvgIpc) is 2.44. The Hall–Kier alpha value is -0.640. The number of nitrogens with one attached hydrogen (secondary N) is 1. The topological polar surface area (TPSA) is 15.3 Å². The minimum absolute atomic E-state index is 0. The maximum Gasteiger partial charge on any atom is 0.123 e. The summed E-state index contributed by atoms with van der Waals surface area (Å²) >= 11 is 0. The summed E-state index contributed by atoms with van der Waals surface area (Å²) in [6.45, 7) is 10.8. The van der Waals surface area contributed by atoms with Gasteiger partial charge in [-0.2, -0.15) is 0 Å². The molecule has 4 heteroatoms. The first-order valence-corrected chi connectivity index (χ1v) is 7.84. The summed E-state index contributed by atoms with van der Waals surface area (Å²) in [6, 6.07) is 5.57. The van der Waals surface area contributed by atoms with E-state index in [1.54, 1.807) is 12.1 Å². The number of hydrogen-bond acceptors (Lipinski definition) is 2. The molecule has 2 nitrogen and oxygen atoms in total. The molecule has 0 aromatic heterocycles. The first kappa shape index (κ1) is 18.4.